The largest absolute Gasteiger partial charge is 0.493 e. The number of hydrogen-bond donors (Lipinski definition) is 4. The molecule has 4 N–H and O–H groups in total. The highest BCUT2D eigenvalue weighted by atomic mass is 16.5. The van der Waals surface area contributed by atoms with Crippen molar-refractivity contribution in [2.24, 2.45) is 5.92 Å². The van der Waals surface area contributed by atoms with Gasteiger partial charge < -0.3 is 35.3 Å². The van der Waals surface area contributed by atoms with Crippen LogP contribution in [-0.2, 0) is 11.3 Å². The zero-order valence-electron chi connectivity index (χ0n) is 23.0. The summed E-state index contributed by atoms with van der Waals surface area (Å²) < 4.78 is 16.7. The Balaban J connectivity index is 1.51. The molecule has 0 aromatic heterocycles. The fraction of sp³-hybridized carbons (Fsp3) is 0.552. The number of hydrogen-bond acceptors (Lipinski definition) is 7. The summed E-state index contributed by atoms with van der Waals surface area (Å²) in [7, 11) is 1.59. The highest BCUT2D eigenvalue weighted by molar-refractivity contribution is 5.90. The average molecular weight is 529 g/mol. The lowest BCUT2D eigenvalue weighted by Crippen LogP contribution is -2.40. The van der Waals surface area contributed by atoms with E-state index in [1.165, 1.54) is 0 Å². The fourth-order valence-corrected chi connectivity index (χ4v) is 4.32. The smallest absolute Gasteiger partial charge is 0.319 e. The van der Waals surface area contributed by atoms with Crippen molar-refractivity contribution in [3.63, 3.8) is 0 Å². The van der Waals surface area contributed by atoms with Gasteiger partial charge in [-0.3, -0.25) is 4.90 Å². The van der Waals surface area contributed by atoms with Crippen LogP contribution in [0.25, 0.3) is 0 Å². The van der Waals surface area contributed by atoms with Gasteiger partial charge in [-0.05, 0) is 42.0 Å². The van der Waals surface area contributed by atoms with E-state index in [1.807, 2.05) is 24.3 Å². The Hall–Kier alpha value is -2.85. The second-order valence-electron chi connectivity index (χ2n) is 9.96. The third kappa shape index (κ3) is 10.1. The third-order valence-corrected chi connectivity index (χ3v) is 6.48. The lowest BCUT2D eigenvalue weighted by atomic mass is 10.0. The number of carbonyl (C=O) groups is 1. The lowest BCUT2D eigenvalue weighted by molar-refractivity contribution is 0.0384. The van der Waals surface area contributed by atoms with Crippen LogP contribution in [0.3, 0.4) is 0 Å². The summed E-state index contributed by atoms with van der Waals surface area (Å²) in [5.41, 5.74) is 2.52. The van der Waals surface area contributed by atoms with Crippen molar-refractivity contribution in [1.82, 2.24) is 15.5 Å². The minimum atomic E-state index is -0.534. The van der Waals surface area contributed by atoms with Crippen LogP contribution < -0.4 is 25.4 Å². The van der Waals surface area contributed by atoms with E-state index < -0.39 is 12.1 Å². The number of urea groups is 1. The number of aliphatic hydroxyl groups excluding tert-OH is 1. The summed E-state index contributed by atoms with van der Waals surface area (Å²) in [5, 5.41) is 19.2. The predicted octanol–water partition coefficient (Wildman–Crippen LogP) is 3.79. The first-order chi connectivity index (χ1) is 18.5. The predicted molar refractivity (Wildman–Crippen MR) is 150 cm³/mol. The first-order valence-corrected chi connectivity index (χ1v) is 13.6. The molecule has 0 radical (unpaired) electrons. The molecule has 1 heterocycles. The van der Waals surface area contributed by atoms with Gasteiger partial charge in [0.2, 0.25) is 0 Å². The number of carbonyl (C=O) groups excluding carboxylic acids is 1. The highest BCUT2D eigenvalue weighted by Gasteiger charge is 2.16. The van der Waals surface area contributed by atoms with Crippen LogP contribution in [0.5, 0.6) is 11.5 Å². The van der Waals surface area contributed by atoms with E-state index in [4.69, 9.17) is 14.2 Å². The standard InChI is InChI=1S/C29H44N4O5/c1-22(2)6-5-15-38-28-19-25(9-10-27(28)36-3)31-29(35)32-26(21-34)24-8-4-7-23(18-24)20-30-11-12-33-13-16-37-17-14-33/h4,7-10,18-19,22,26,30,34H,5-6,11-17,20-21H2,1-3H3,(H2,31,32,35). The van der Waals surface area contributed by atoms with Gasteiger partial charge in [-0.1, -0.05) is 38.1 Å². The Labute approximate surface area is 226 Å². The van der Waals surface area contributed by atoms with E-state index in [0.717, 1.165) is 63.4 Å². The van der Waals surface area contributed by atoms with E-state index >= 15 is 0 Å². The number of methoxy groups -OCH3 is 1. The summed E-state index contributed by atoms with van der Waals surface area (Å²) in [6.07, 6.45) is 2.02. The van der Waals surface area contributed by atoms with Gasteiger partial charge in [-0.25, -0.2) is 4.79 Å². The van der Waals surface area contributed by atoms with Crippen molar-refractivity contribution < 1.29 is 24.1 Å². The van der Waals surface area contributed by atoms with Crippen LogP contribution in [0.4, 0.5) is 10.5 Å². The Bertz CT molecular complexity index is 981. The maximum absolute atomic E-state index is 12.8. The number of nitrogens with zero attached hydrogens (tertiary/aromatic N) is 1. The summed E-state index contributed by atoms with van der Waals surface area (Å²) in [5.74, 6) is 1.82. The minimum absolute atomic E-state index is 0.214. The molecule has 210 valence electrons. The molecule has 2 amide bonds. The first kappa shape index (κ1) is 29.7. The molecule has 2 aromatic carbocycles. The second kappa shape index (κ2) is 16.2. The van der Waals surface area contributed by atoms with Crippen molar-refractivity contribution in [2.45, 2.75) is 39.3 Å². The van der Waals surface area contributed by atoms with Gasteiger partial charge in [0.25, 0.3) is 0 Å². The molecular weight excluding hydrogens is 484 g/mol. The van der Waals surface area contributed by atoms with Gasteiger partial charge >= 0.3 is 6.03 Å². The van der Waals surface area contributed by atoms with E-state index in [-0.39, 0.29) is 6.61 Å². The molecule has 0 spiro atoms. The number of amides is 2. The number of morpholine rings is 1. The van der Waals surface area contributed by atoms with Crippen LogP contribution in [0.1, 0.15) is 43.9 Å². The molecule has 38 heavy (non-hydrogen) atoms. The Morgan fingerprint density at radius 1 is 1.13 bits per heavy atom. The molecule has 0 aliphatic carbocycles. The normalized spacial score (nSPS) is 14.8. The van der Waals surface area contributed by atoms with E-state index in [2.05, 4.69) is 34.7 Å². The molecule has 0 bridgehead atoms. The number of ether oxygens (including phenoxy) is 3. The fourth-order valence-electron chi connectivity index (χ4n) is 4.32. The van der Waals surface area contributed by atoms with E-state index in [1.54, 1.807) is 25.3 Å². The summed E-state index contributed by atoms with van der Waals surface area (Å²) in [4.78, 5) is 15.2. The maximum Gasteiger partial charge on any atom is 0.319 e. The van der Waals surface area contributed by atoms with Crippen LogP contribution in [-0.4, -0.2) is 75.8 Å². The van der Waals surface area contributed by atoms with Gasteiger partial charge in [-0.15, -0.1) is 0 Å². The molecule has 1 fully saturated rings. The van der Waals surface area contributed by atoms with Crippen LogP contribution in [0.2, 0.25) is 0 Å². The third-order valence-electron chi connectivity index (χ3n) is 6.48. The summed E-state index contributed by atoms with van der Waals surface area (Å²) >= 11 is 0. The Morgan fingerprint density at radius 2 is 1.95 bits per heavy atom. The van der Waals surface area contributed by atoms with Crippen LogP contribution in [0.15, 0.2) is 42.5 Å². The minimum Gasteiger partial charge on any atom is -0.493 e. The monoisotopic (exact) mass is 528 g/mol. The van der Waals surface area contributed by atoms with Gasteiger partial charge in [0.15, 0.2) is 11.5 Å². The molecule has 9 heteroatoms. The van der Waals surface area contributed by atoms with Gasteiger partial charge in [-0.2, -0.15) is 0 Å². The highest BCUT2D eigenvalue weighted by Crippen LogP contribution is 2.30. The van der Waals surface area contributed by atoms with Crippen molar-refractivity contribution in [3.05, 3.63) is 53.6 Å². The molecular formula is C29H44N4O5. The van der Waals surface area contributed by atoms with Crippen LogP contribution >= 0.6 is 0 Å². The van der Waals surface area contributed by atoms with Crippen molar-refractivity contribution in [3.8, 4) is 11.5 Å². The van der Waals surface area contributed by atoms with Crippen molar-refractivity contribution >= 4 is 11.7 Å². The molecule has 1 unspecified atom stereocenters. The molecule has 1 aliphatic rings. The zero-order chi connectivity index (χ0) is 27.2. The van der Waals surface area contributed by atoms with E-state index in [0.29, 0.717) is 36.3 Å². The Kier molecular flexibility index (Phi) is 12.7. The number of aliphatic hydroxyl groups is 1. The molecule has 3 rings (SSSR count). The summed E-state index contributed by atoms with van der Waals surface area (Å²) in [6, 6.07) is 12.3. The van der Waals surface area contributed by atoms with Crippen molar-refractivity contribution in [2.75, 3.05) is 65.0 Å². The number of rotatable bonds is 15. The Morgan fingerprint density at radius 3 is 2.68 bits per heavy atom. The molecule has 2 aromatic rings. The molecule has 0 saturated carbocycles. The molecule has 9 nitrogen and oxygen atoms in total. The van der Waals surface area contributed by atoms with Gasteiger partial charge in [0.1, 0.15) is 0 Å². The summed E-state index contributed by atoms with van der Waals surface area (Å²) in [6.45, 7) is 10.9. The quantitative estimate of drug-likeness (QED) is 0.261. The van der Waals surface area contributed by atoms with Crippen LogP contribution in [0, 0.1) is 5.92 Å². The topological polar surface area (TPSA) is 104 Å². The molecule has 1 aliphatic heterocycles. The molecule has 1 saturated heterocycles. The number of nitrogens with one attached hydrogen (secondary N) is 3. The number of benzene rings is 2. The van der Waals surface area contributed by atoms with Gasteiger partial charge in [0.05, 0.1) is 39.6 Å². The van der Waals surface area contributed by atoms with Crippen molar-refractivity contribution in [1.29, 1.82) is 0 Å². The average Bonchev–Trinajstić information content (AvgIpc) is 2.93. The second-order valence-corrected chi connectivity index (χ2v) is 9.96. The zero-order valence-corrected chi connectivity index (χ0v) is 23.0. The maximum atomic E-state index is 12.8. The number of anilines is 1. The van der Waals surface area contributed by atoms with E-state index in [9.17, 15) is 9.90 Å². The van der Waals surface area contributed by atoms with Gasteiger partial charge in [0, 0.05) is 44.5 Å². The SMILES string of the molecule is COc1ccc(NC(=O)NC(CO)c2cccc(CNCCN3CCOCC3)c2)cc1OCCCC(C)C. The first-order valence-electron chi connectivity index (χ1n) is 13.6. The lowest BCUT2D eigenvalue weighted by Gasteiger charge is -2.26. The molecule has 1 atom stereocenters.